The number of ether oxygens (including phenoxy) is 1. The summed E-state index contributed by atoms with van der Waals surface area (Å²) < 4.78 is 4.67. The van der Waals surface area contributed by atoms with Gasteiger partial charge in [-0.05, 0) is 31.5 Å². The van der Waals surface area contributed by atoms with E-state index < -0.39 is 6.04 Å². The Bertz CT molecular complexity index is 749. The maximum Gasteiger partial charge on any atom is 0.330 e. The van der Waals surface area contributed by atoms with Gasteiger partial charge in [0.1, 0.15) is 6.04 Å². The van der Waals surface area contributed by atoms with Crippen LogP contribution >= 0.6 is 0 Å². The Labute approximate surface area is 122 Å². The Kier molecular flexibility index (Phi) is 3.12. The second-order valence-corrected chi connectivity index (χ2v) is 5.33. The highest BCUT2D eigenvalue weighted by Gasteiger charge is 2.45. The molecule has 0 bridgehead atoms. The summed E-state index contributed by atoms with van der Waals surface area (Å²) in [7, 11) is 1.33. The number of aromatic nitrogens is 1. The number of hydrogen-bond donors (Lipinski definition) is 0. The molecule has 108 valence electrons. The van der Waals surface area contributed by atoms with Gasteiger partial charge in [-0.15, -0.1) is 0 Å². The van der Waals surface area contributed by atoms with E-state index in [0.29, 0.717) is 12.1 Å². The van der Waals surface area contributed by atoms with Crippen LogP contribution in [0.5, 0.6) is 0 Å². The van der Waals surface area contributed by atoms with Crippen molar-refractivity contribution < 1.29 is 14.3 Å². The lowest BCUT2D eigenvalue weighted by Gasteiger charge is -2.09. The number of benzene rings is 1. The van der Waals surface area contributed by atoms with Gasteiger partial charge in [0.15, 0.2) is 0 Å². The molecule has 0 unspecified atom stereocenters. The van der Waals surface area contributed by atoms with E-state index in [1.165, 1.54) is 12.0 Å². The summed E-state index contributed by atoms with van der Waals surface area (Å²) in [5.41, 5.74) is 3.27. The standard InChI is InChI=1S/C16H16N2O3/c1-9-4-5-11-12(7-10(2)17-13(11)6-9)15(19)18-8-14(18)16(20)21-3/h4-7,14H,8H2,1-3H3/t14-,18?/m0/s1. The second kappa shape index (κ2) is 4.84. The number of carbonyl (C=O) groups excluding carboxylic acids is 2. The highest BCUT2D eigenvalue weighted by molar-refractivity contribution is 6.09. The highest BCUT2D eigenvalue weighted by atomic mass is 16.5. The Morgan fingerprint density at radius 2 is 2.05 bits per heavy atom. The van der Waals surface area contributed by atoms with Crippen molar-refractivity contribution >= 4 is 22.8 Å². The summed E-state index contributed by atoms with van der Waals surface area (Å²) in [4.78, 5) is 30.0. The summed E-state index contributed by atoms with van der Waals surface area (Å²) in [5.74, 6) is -0.515. The first-order chi connectivity index (χ1) is 10.0. The normalized spacial score (nSPS) is 16.9. The number of aryl methyl sites for hydroxylation is 2. The minimum absolute atomic E-state index is 0.148. The predicted octanol–water partition coefficient (Wildman–Crippen LogP) is 1.85. The molecule has 1 atom stereocenters. The number of rotatable bonds is 2. The van der Waals surface area contributed by atoms with Gasteiger partial charge in [-0.3, -0.25) is 9.78 Å². The van der Waals surface area contributed by atoms with E-state index in [1.807, 2.05) is 32.0 Å². The minimum Gasteiger partial charge on any atom is -0.467 e. The molecule has 5 heteroatoms. The average molecular weight is 284 g/mol. The molecule has 1 saturated heterocycles. The monoisotopic (exact) mass is 284 g/mol. The molecule has 21 heavy (non-hydrogen) atoms. The maximum absolute atomic E-state index is 12.6. The zero-order valence-corrected chi connectivity index (χ0v) is 12.2. The molecule has 1 fully saturated rings. The van der Waals surface area contributed by atoms with E-state index in [4.69, 9.17) is 0 Å². The van der Waals surface area contributed by atoms with Gasteiger partial charge in [-0.1, -0.05) is 12.1 Å². The molecule has 1 amide bonds. The topological polar surface area (TPSA) is 59.3 Å². The van der Waals surface area contributed by atoms with Crippen molar-refractivity contribution in [2.24, 2.45) is 0 Å². The molecule has 1 aliphatic heterocycles. The number of fused-ring (bicyclic) bond motifs is 1. The van der Waals surface area contributed by atoms with Gasteiger partial charge in [-0.2, -0.15) is 0 Å². The number of nitrogens with zero attached hydrogens (tertiary/aromatic N) is 2. The van der Waals surface area contributed by atoms with Crippen molar-refractivity contribution in [2.45, 2.75) is 19.9 Å². The number of carbonyl (C=O) groups is 2. The van der Waals surface area contributed by atoms with Crippen LogP contribution in [0.4, 0.5) is 0 Å². The van der Waals surface area contributed by atoms with E-state index in [9.17, 15) is 9.59 Å². The molecule has 1 aliphatic rings. The lowest BCUT2D eigenvalue weighted by molar-refractivity contribution is -0.140. The van der Waals surface area contributed by atoms with E-state index in [-0.39, 0.29) is 11.9 Å². The Morgan fingerprint density at radius 3 is 2.76 bits per heavy atom. The van der Waals surface area contributed by atoms with Crippen LogP contribution in [0.3, 0.4) is 0 Å². The first kappa shape index (κ1) is 13.5. The molecule has 0 spiro atoms. The fourth-order valence-electron chi connectivity index (χ4n) is 2.50. The van der Waals surface area contributed by atoms with Crippen LogP contribution in [0.25, 0.3) is 10.9 Å². The van der Waals surface area contributed by atoms with Crippen LogP contribution in [0, 0.1) is 13.8 Å². The predicted molar refractivity (Wildman–Crippen MR) is 78.1 cm³/mol. The molecule has 0 N–H and O–H groups in total. The van der Waals surface area contributed by atoms with Crippen LogP contribution in [-0.2, 0) is 9.53 Å². The van der Waals surface area contributed by atoms with Gasteiger partial charge in [0.05, 0.1) is 24.7 Å². The number of methoxy groups -OCH3 is 1. The molecule has 2 aromatic rings. The van der Waals surface area contributed by atoms with Crippen LogP contribution in [0.2, 0.25) is 0 Å². The van der Waals surface area contributed by atoms with Crippen LogP contribution < -0.4 is 0 Å². The number of pyridine rings is 1. The zero-order valence-electron chi connectivity index (χ0n) is 12.2. The molecule has 1 aromatic heterocycles. The van der Waals surface area contributed by atoms with E-state index in [2.05, 4.69) is 9.72 Å². The zero-order chi connectivity index (χ0) is 15.1. The van der Waals surface area contributed by atoms with E-state index in [0.717, 1.165) is 22.2 Å². The van der Waals surface area contributed by atoms with Crippen LogP contribution in [0.1, 0.15) is 21.6 Å². The van der Waals surface area contributed by atoms with Crippen LogP contribution in [0.15, 0.2) is 24.3 Å². The van der Waals surface area contributed by atoms with Crippen molar-refractivity contribution in [1.29, 1.82) is 0 Å². The Balaban J connectivity index is 2.01. The lowest BCUT2D eigenvalue weighted by atomic mass is 10.1. The van der Waals surface area contributed by atoms with E-state index in [1.54, 1.807) is 6.07 Å². The van der Waals surface area contributed by atoms with Crippen molar-refractivity contribution in [3.8, 4) is 0 Å². The fourth-order valence-corrected chi connectivity index (χ4v) is 2.50. The smallest absolute Gasteiger partial charge is 0.330 e. The van der Waals surface area contributed by atoms with Gasteiger partial charge in [0, 0.05) is 11.1 Å². The first-order valence-electron chi connectivity index (χ1n) is 6.78. The van der Waals surface area contributed by atoms with Gasteiger partial charge in [0.2, 0.25) is 0 Å². The summed E-state index contributed by atoms with van der Waals surface area (Å²) in [5, 5.41) is 0.812. The van der Waals surface area contributed by atoms with Crippen molar-refractivity contribution in [3.63, 3.8) is 0 Å². The molecule has 0 saturated carbocycles. The van der Waals surface area contributed by atoms with E-state index >= 15 is 0 Å². The summed E-state index contributed by atoms with van der Waals surface area (Å²) in [6.07, 6.45) is 0. The van der Waals surface area contributed by atoms with Gasteiger partial charge in [0.25, 0.3) is 5.91 Å². The Morgan fingerprint density at radius 1 is 1.29 bits per heavy atom. The molecule has 2 heterocycles. The molecule has 5 nitrogen and oxygen atoms in total. The maximum atomic E-state index is 12.6. The quantitative estimate of drug-likeness (QED) is 0.624. The minimum atomic E-state index is -0.448. The number of esters is 1. The molecule has 0 radical (unpaired) electrons. The average Bonchev–Trinajstić information content (AvgIpc) is 3.24. The molecule has 3 rings (SSSR count). The molecular weight excluding hydrogens is 268 g/mol. The summed E-state index contributed by atoms with van der Waals surface area (Å²) >= 11 is 0. The Hall–Kier alpha value is -2.43. The molecular formula is C16H16N2O3. The van der Waals surface area contributed by atoms with Crippen LogP contribution in [-0.4, -0.2) is 41.5 Å². The summed E-state index contributed by atoms with van der Waals surface area (Å²) in [6, 6.07) is 7.14. The SMILES string of the molecule is COC(=O)[C@@H]1CN1C(=O)c1cc(C)nc2cc(C)ccc12. The largest absolute Gasteiger partial charge is 0.467 e. The third-order valence-corrected chi connectivity index (χ3v) is 3.67. The second-order valence-electron chi connectivity index (χ2n) is 5.33. The summed E-state index contributed by atoms with van der Waals surface area (Å²) in [6.45, 7) is 4.27. The number of hydrogen-bond acceptors (Lipinski definition) is 4. The molecule has 0 aliphatic carbocycles. The van der Waals surface area contributed by atoms with Crippen molar-refractivity contribution in [1.82, 2.24) is 9.88 Å². The van der Waals surface area contributed by atoms with Gasteiger partial charge < -0.3 is 9.64 Å². The fraction of sp³-hybridized carbons (Fsp3) is 0.312. The number of amides is 1. The van der Waals surface area contributed by atoms with Crippen molar-refractivity contribution in [3.05, 3.63) is 41.1 Å². The third-order valence-electron chi connectivity index (χ3n) is 3.67. The van der Waals surface area contributed by atoms with Crippen molar-refractivity contribution in [2.75, 3.05) is 13.7 Å². The van der Waals surface area contributed by atoms with Gasteiger partial charge in [-0.25, -0.2) is 4.79 Å². The first-order valence-corrected chi connectivity index (χ1v) is 6.78. The lowest BCUT2D eigenvalue weighted by Crippen LogP contribution is -2.20. The highest BCUT2D eigenvalue weighted by Crippen LogP contribution is 2.27. The third kappa shape index (κ3) is 2.35. The van der Waals surface area contributed by atoms with Gasteiger partial charge >= 0.3 is 5.97 Å². The molecule has 1 aromatic carbocycles.